The first-order valence-corrected chi connectivity index (χ1v) is 5.88. The lowest BCUT2D eigenvalue weighted by Gasteiger charge is -2.25. The molecule has 0 aromatic heterocycles. The number of piperidine rings is 1. The van der Waals surface area contributed by atoms with E-state index in [0.717, 1.165) is 37.2 Å². The van der Waals surface area contributed by atoms with E-state index in [1.165, 1.54) is 7.11 Å². The monoisotopic (exact) mass is 239 g/mol. The Morgan fingerprint density at radius 2 is 1.76 bits per heavy atom. The second kappa shape index (κ2) is 5.36. The van der Waals surface area contributed by atoms with Crippen molar-refractivity contribution >= 4 is 0 Å². The summed E-state index contributed by atoms with van der Waals surface area (Å²) < 4.78 is 24.0. The van der Waals surface area contributed by atoms with Gasteiger partial charge in [0.25, 0.3) is 0 Å². The van der Waals surface area contributed by atoms with Crippen LogP contribution in [-0.2, 0) is 0 Å². The Balaban J connectivity index is 2.34. The summed E-state index contributed by atoms with van der Waals surface area (Å²) >= 11 is 0. The minimum absolute atomic E-state index is 0.236. The molecule has 3 nitrogen and oxygen atoms in total. The average molecular weight is 239 g/mol. The van der Waals surface area contributed by atoms with E-state index in [1.54, 1.807) is 19.2 Å². The van der Waals surface area contributed by atoms with Crippen molar-refractivity contribution in [3.8, 4) is 11.5 Å². The lowest BCUT2D eigenvalue weighted by Crippen LogP contribution is -2.26. The van der Waals surface area contributed by atoms with Crippen LogP contribution in [0.5, 0.6) is 11.5 Å². The predicted molar refractivity (Wildman–Crippen MR) is 64.3 cm³/mol. The number of halogens is 1. The fraction of sp³-hybridized carbons (Fsp3) is 0.538. The predicted octanol–water partition coefficient (Wildman–Crippen LogP) is 2.31. The summed E-state index contributed by atoms with van der Waals surface area (Å²) in [4.78, 5) is 0. The van der Waals surface area contributed by atoms with E-state index >= 15 is 0 Å². The maximum Gasteiger partial charge on any atom is 0.165 e. The minimum atomic E-state index is -0.318. The van der Waals surface area contributed by atoms with Gasteiger partial charge in [0.05, 0.1) is 14.2 Å². The van der Waals surface area contributed by atoms with Gasteiger partial charge in [0, 0.05) is 11.6 Å². The van der Waals surface area contributed by atoms with Gasteiger partial charge in [-0.1, -0.05) is 0 Å². The number of benzene rings is 1. The van der Waals surface area contributed by atoms with Crippen LogP contribution in [0.25, 0.3) is 0 Å². The molecule has 0 radical (unpaired) electrons. The van der Waals surface area contributed by atoms with E-state index in [2.05, 4.69) is 5.32 Å². The highest BCUT2D eigenvalue weighted by Gasteiger charge is 2.21. The van der Waals surface area contributed by atoms with Crippen molar-refractivity contribution in [1.29, 1.82) is 0 Å². The molecule has 0 saturated carbocycles. The maximum atomic E-state index is 13.7. The SMILES string of the molecule is COc1cc(OC)c(C2CCNCC2)cc1F. The molecule has 0 spiro atoms. The van der Waals surface area contributed by atoms with Gasteiger partial charge in [0.2, 0.25) is 0 Å². The summed E-state index contributed by atoms with van der Waals surface area (Å²) in [6.45, 7) is 1.95. The van der Waals surface area contributed by atoms with E-state index in [4.69, 9.17) is 9.47 Å². The topological polar surface area (TPSA) is 30.5 Å². The number of methoxy groups -OCH3 is 2. The fourth-order valence-corrected chi connectivity index (χ4v) is 2.34. The Kier molecular flexibility index (Phi) is 3.84. The van der Waals surface area contributed by atoms with Gasteiger partial charge in [-0.05, 0) is 37.9 Å². The molecule has 0 bridgehead atoms. The molecule has 4 heteroatoms. The van der Waals surface area contributed by atoms with Crippen LogP contribution in [0.4, 0.5) is 4.39 Å². The number of hydrogen-bond acceptors (Lipinski definition) is 3. The van der Waals surface area contributed by atoms with Crippen molar-refractivity contribution in [2.24, 2.45) is 0 Å². The van der Waals surface area contributed by atoms with Gasteiger partial charge in [-0.2, -0.15) is 0 Å². The summed E-state index contributed by atoms with van der Waals surface area (Å²) in [5, 5.41) is 3.30. The van der Waals surface area contributed by atoms with E-state index in [9.17, 15) is 4.39 Å². The standard InChI is InChI=1S/C13H18FNO2/c1-16-12-8-13(17-2)11(14)7-10(12)9-3-5-15-6-4-9/h7-9,15H,3-6H2,1-2H3. The summed E-state index contributed by atoms with van der Waals surface area (Å²) in [5.74, 6) is 1.00. The van der Waals surface area contributed by atoms with E-state index < -0.39 is 0 Å². The molecule has 1 N–H and O–H groups in total. The van der Waals surface area contributed by atoms with Crippen molar-refractivity contribution in [1.82, 2.24) is 5.32 Å². The van der Waals surface area contributed by atoms with Gasteiger partial charge < -0.3 is 14.8 Å². The number of nitrogens with one attached hydrogen (secondary N) is 1. The summed E-state index contributed by atoms with van der Waals surface area (Å²) in [6, 6.07) is 3.18. The molecule has 1 aromatic rings. The van der Waals surface area contributed by atoms with Crippen LogP contribution in [-0.4, -0.2) is 27.3 Å². The Morgan fingerprint density at radius 1 is 1.12 bits per heavy atom. The van der Waals surface area contributed by atoms with E-state index in [0.29, 0.717) is 5.92 Å². The van der Waals surface area contributed by atoms with E-state index in [1.807, 2.05) is 0 Å². The number of rotatable bonds is 3. The summed E-state index contributed by atoms with van der Waals surface area (Å²) in [6.07, 6.45) is 2.03. The number of ether oxygens (including phenoxy) is 2. The van der Waals surface area contributed by atoms with E-state index in [-0.39, 0.29) is 11.6 Å². The molecule has 0 amide bonds. The largest absolute Gasteiger partial charge is 0.496 e. The summed E-state index contributed by atoms with van der Waals surface area (Å²) in [5.41, 5.74) is 0.951. The molecule has 1 saturated heterocycles. The lowest BCUT2D eigenvalue weighted by atomic mass is 9.89. The Labute approximate surface area is 101 Å². The zero-order valence-electron chi connectivity index (χ0n) is 10.3. The zero-order chi connectivity index (χ0) is 12.3. The third kappa shape index (κ3) is 2.52. The molecule has 1 heterocycles. The highest BCUT2D eigenvalue weighted by molar-refractivity contribution is 5.44. The zero-order valence-corrected chi connectivity index (χ0v) is 10.3. The van der Waals surface area contributed by atoms with Crippen molar-refractivity contribution < 1.29 is 13.9 Å². The molecule has 2 rings (SSSR count). The Morgan fingerprint density at radius 3 is 2.35 bits per heavy atom. The highest BCUT2D eigenvalue weighted by Crippen LogP contribution is 2.36. The molecular formula is C13H18FNO2. The molecular weight excluding hydrogens is 221 g/mol. The first kappa shape index (κ1) is 12.2. The molecule has 1 aliphatic rings. The fourth-order valence-electron chi connectivity index (χ4n) is 2.34. The van der Waals surface area contributed by atoms with Crippen LogP contribution in [0, 0.1) is 5.82 Å². The molecule has 17 heavy (non-hydrogen) atoms. The second-order valence-corrected chi connectivity index (χ2v) is 4.25. The lowest BCUT2D eigenvalue weighted by molar-refractivity contribution is 0.364. The molecule has 1 fully saturated rings. The van der Waals surface area contributed by atoms with Crippen LogP contribution < -0.4 is 14.8 Å². The number of hydrogen-bond donors (Lipinski definition) is 1. The third-order valence-corrected chi connectivity index (χ3v) is 3.28. The highest BCUT2D eigenvalue weighted by atomic mass is 19.1. The molecule has 0 aliphatic carbocycles. The van der Waals surface area contributed by atoms with Crippen molar-refractivity contribution in [2.75, 3.05) is 27.3 Å². The van der Waals surface area contributed by atoms with Gasteiger partial charge in [0.1, 0.15) is 5.75 Å². The molecule has 1 aromatic carbocycles. The third-order valence-electron chi connectivity index (χ3n) is 3.28. The van der Waals surface area contributed by atoms with Crippen molar-refractivity contribution in [3.63, 3.8) is 0 Å². The normalized spacial score (nSPS) is 16.9. The summed E-state index contributed by atoms with van der Waals surface area (Å²) in [7, 11) is 3.07. The second-order valence-electron chi connectivity index (χ2n) is 4.25. The minimum Gasteiger partial charge on any atom is -0.496 e. The van der Waals surface area contributed by atoms with Crippen LogP contribution in [0.15, 0.2) is 12.1 Å². The van der Waals surface area contributed by atoms with Gasteiger partial charge >= 0.3 is 0 Å². The molecule has 0 unspecified atom stereocenters. The Bertz CT molecular complexity index is 389. The van der Waals surface area contributed by atoms with Crippen LogP contribution in [0.3, 0.4) is 0 Å². The first-order chi connectivity index (χ1) is 8.26. The maximum absolute atomic E-state index is 13.7. The molecule has 94 valence electrons. The van der Waals surface area contributed by atoms with Crippen molar-refractivity contribution in [2.45, 2.75) is 18.8 Å². The Hall–Kier alpha value is -1.29. The average Bonchev–Trinajstić information content (AvgIpc) is 2.39. The van der Waals surface area contributed by atoms with Crippen LogP contribution in [0.2, 0.25) is 0 Å². The van der Waals surface area contributed by atoms with Crippen LogP contribution >= 0.6 is 0 Å². The van der Waals surface area contributed by atoms with Gasteiger partial charge in [0.15, 0.2) is 11.6 Å². The van der Waals surface area contributed by atoms with Gasteiger partial charge in [-0.3, -0.25) is 0 Å². The van der Waals surface area contributed by atoms with Gasteiger partial charge in [-0.15, -0.1) is 0 Å². The van der Waals surface area contributed by atoms with Crippen LogP contribution in [0.1, 0.15) is 24.3 Å². The van der Waals surface area contributed by atoms with Gasteiger partial charge in [-0.25, -0.2) is 4.39 Å². The molecule has 1 aliphatic heterocycles. The molecule has 0 atom stereocenters. The first-order valence-electron chi connectivity index (χ1n) is 5.88. The quantitative estimate of drug-likeness (QED) is 0.878. The van der Waals surface area contributed by atoms with Crippen molar-refractivity contribution in [3.05, 3.63) is 23.5 Å². The smallest absolute Gasteiger partial charge is 0.165 e.